The van der Waals surface area contributed by atoms with Crippen LogP contribution in [0.15, 0.2) is 41.7 Å². The van der Waals surface area contributed by atoms with E-state index < -0.39 is 10.0 Å². The van der Waals surface area contributed by atoms with Gasteiger partial charge in [0.1, 0.15) is 6.33 Å². The third-order valence-electron chi connectivity index (χ3n) is 4.43. The number of sulfonamides is 1. The topological polar surface area (TPSA) is 63.2 Å². The lowest BCUT2D eigenvalue weighted by Crippen LogP contribution is -2.42. The van der Waals surface area contributed by atoms with E-state index >= 15 is 0 Å². The van der Waals surface area contributed by atoms with Crippen molar-refractivity contribution < 1.29 is 8.42 Å². The standard InChI is InChI=1S/C15H14ClN3O2S/c16-10-2-1-3-12(6-10)22(20,21)19-11-4-5-15(19)13-8-17-9-18-14(13)7-11/h1-3,6,8-9,11,15H,4-5,7H2. The summed E-state index contributed by atoms with van der Waals surface area (Å²) in [6, 6.07) is 6.24. The highest BCUT2D eigenvalue weighted by Gasteiger charge is 2.47. The van der Waals surface area contributed by atoms with Gasteiger partial charge in [-0.05, 0) is 31.0 Å². The maximum Gasteiger partial charge on any atom is 0.243 e. The maximum absolute atomic E-state index is 13.0. The minimum atomic E-state index is -3.57. The van der Waals surface area contributed by atoms with Gasteiger partial charge in [-0.3, -0.25) is 0 Å². The Bertz CT molecular complexity index is 840. The molecule has 2 aliphatic heterocycles. The van der Waals surface area contributed by atoms with Crippen LogP contribution in [0.5, 0.6) is 0 Å². The van der Waals surface area contributed by atoms with Gasteiger partial charge in [0.2, 0.25) is 10.0 Å². The van der Waals surface area contributed by atoms with Crippen molar-refractivity contribution in [2.45, 2.75) is 36.2 Å². The Balaban J connectivity index is 1.81. The fourth-order valence-corrected chi connectivity index (χ4v) is 5.65. The SMILES string of the molecule is O=S(=O)(c1cccc(Cl)c1)N1C2CCC1c1cncnc1C2. The molecule has 0 amide bonds. The summed E-state index contributed by atoms with van der Waals surface area (Å²) in [6.45, 7) is 0. The van der Waals surface area contributed by atoms with Crippen LogP contribution in [0.3, 0.4) is 0 Å². The van der Waals surface area contributed by atoms with E-state index in [1.54, 1.807) is 28.7 Å². The quantitative estimate of drug-likeness (QED) is 0.846. The Morgan fingerprint density at radius 1 is 1.27 bits per heavy atom. The highest BCUT2D eigenvalue weighted by molar-refractivity contribution is 7.89. The van der Waals surface area contributed by atoms with E-state index in [-0.39, 0.29) is 17.0 Å². The van der Waals surface area contributed by atoms with Gasteiger partial charge in [0.05, 0.1) is 16.6 Å². The minimum Gasteiger partial charge on any atom is -0.244 e. The molecular formula is C15H14ClN3O2S. The molecule has 2 atom stereocenters. The molecule has 1 saturated heterocycles. The second kappa shape index (κ2) is 5.01. The first-order valence-corrected chi connectivity index (χ1v) is 8.97. The molecule has 2 aromatic rings. The normalized spacial score (nSPS) is 24.2. The molecule has 22 heavy (non-hydrogen) atoms. The number of fused-ring (bicyclic) bond motifs is 4. The summed E-state index contributed by atoms with van der Waals surface area (Å²) in [5.74, 6) is 0. The highest BCUT2D eigenvalue weighted by Crippen LogP contribution is 2.45. The number of rotatable bonds is 2. The predicted octanol–water partition coefficient (Wildman–Crippen LogP) is 2.58. The third kappa shape index (κ3) is 2.06. The summed E-state index contributed by atoms with van der Waals surface area (Å²) < 4.78 is 27.7. The smallest absolute Gasteiger partial charge is 0.243 e. The van der Waals surface area contributed by atoms with Gasteiger partial charge < -0.3 is 0 Å². The van der Waals surface area contributed by atoms with Gasteiger partial charge in [0.25, 0.3) is 0 Å². The van der Waals surface area contributed by atoms with Crippen molar-refractivity contribution in [2.75, 3.05) is 0 Å². The Hall–Kier alpha value is -1.50. The van der Waals surface area contributed by atoms with E-state index in [1.807, 2.05) is 0 Å². The maximum atomic E-state index is 13.0. The Labute approximate surface area is 134 Å². The first-order valence-electron chi connectivity index (χ1n) is 7.15. The number of hydrogen-bond donors (Lipinski definition) is 0. The van der Waals surface area contributed by atoms with Gasteiger partial charge in [0, 0.05) is 29.2 Å². The average molecular weight is 336 g/mol. The van der Waals surface area contributed by atoms with Crippen molar-refractivity contribution >= 4 is 21.6 Å². The van der Waals surface area contributed by atoms with E-state index in [2.05, 4.69) is 9.97 Å². The largest absolute Gasteiger partial charge is 0.244 e. The Morgan fingerprint density at radius 2 is 2.14 bits per heavy atom. The molecule has 0 N–H and O–H groups in total. The van der Waals surface area contributed by atoms with E-state index in [9.17, 15) is 8.42 Å². The van der Waals surface area contributed by atoms with Crippen LogP contribution in [0.2, 0.25) is 5.02 Å². The van der Waals surface area contributed by atoms with E-state index in [1.165, 1.54) is 12.4 Å². The number of halogens is 1. The molecule has 114 valence electrons. The lowest BCUT2D eigenvalue weighted by molar-refractivity contribution is 0.300. The number of hydrogen-bond acceptors (Lipinski definition) is 4. The number of benzene rings is 1. The molecule has 3 heterocycles. The van der Waals surface area contributed by atoms with Crippen molar-refractivity contribution in [2.24, 2.45) is 0 Å². The van der Waals surface area contributed by atoms with Gasteiger partial charge in [-0.1, -0.05) is 17.7 Å². The summed E-state index contributed by atoms with van der Waals surface area (Å²) in [4.78, 5) is 8.62. The molecule has 2 bridgehead atoms. The van der Waals surface area contributed by atoms with Crippen LogP contribution in [0.4, 0.5) is 0 Å². The van der Waals surface area contributed by atoms with Crippen LogP contribution >= 0.6 is 11.6 Å². The molecule has 0 saturated carbocycles. The zero-order valence-corrected chi connectivity index (χ0v) is 13.3. The van der Waals surface area contributed by atoms with Crippen LogP contribution in [0, 0.1) is 0 Å². The molecule has 7 heteroatoms. The summed E-state index contributed by atoms with van der Waals surface area (Å²) in [7, 11) is -3.57. The van der Waals surface area contributed by atoms with Crippen LogP contribution in [-0.4, -0.2) is 28.7 Å². The summed E-state index contributed by atoms with van der Waals surface area (Å²) in [5.41, 5.74) is 1.90. The highest BCUT2D eigenvalue weighted by atomic mass is 35.5. The molecule has 1 aromatic heterocycles. The van der Waals surface area contributed by atoms with Crippen LogP contribution in [0.1, 0.15) is 30.1 Å². The minimum absolute atomic E-state index is 0.0311. The van der Waals surface area contributed by atoms with Crippen molar-refractivity contribution in [1.82, 2.24) is 14.3 Å². The van der Waals surface area contributed by atoms with Gasteiger partial charge in [-0.15, -0.1) is 0 Å². The fraction of sp³-hybridized carbons (Fsp3) is 0.333. The third-order valence-corrected chi connectivity index (χ3v) is 6.62. The van der Waals surface area contributed by atoms with Crippen molar-refractivity contribution in [3.63, 3.8) is 0 Å². The monoisotopic (exact) mass is 335 g/mol. The second-order valence-electron chi connectivity index (χ2n) is 5.67. The lowest BCUT2D eigenvalue weighted by Gasteiger charge is -2.34. The molecule has 0 radical (unpaired) electrons. The van der Waals surface area contributed by atoms with Crippen LogP contribution in [0.25, 0.3) is 0 Å². The first-order chi connectivity index (χ1) is 10.6. The van der Waals surface area contributed by atoms with Gasteiger partial charge in [0.15, 0.2) is 0 Å². The van der Waals surface area contributed by atoms with Crippen molar-refractivity contribution in [3.8, 4) is 0 Å². The molecule has 1 fully saturated rings. The molecule has 4 rings (SSSR count). The van der Waals surface area contributed by atoms with E-state index in [0.29, 0.717) is 11.4 Å². The molecule has 0 aliphatic carbocycles. The van der Waals surface area contributed by atoms with Gasteiger partial charge in [-0.2, -0.15) is 4.31 Å². The number of nitrogens with zero attached hydrogens (tertiary/aromatic N) is 3. The van der Waals surface area contributed by atoms with Gasteiger partial charge in [-0.25, -0.2) is 18.4 Å². The van der Waals surface area contributed by atoms with E-state index in [0.717, 1.165) is 24.1 Å². The van der Waals surface area contributed by atoms with Crippen molar-refractivity contribution in [1.29, 1.82) is 0 Å². The molecule has 1 aromatic carbocycles. The average Bonchev–Trinajstić information content (AvgIpc) is 2.84. The predicted molar refractivity (Wildman–Crippen MR) is 82.0 cm³/mol. The summed E-state index contributed by atoms with van der Waals surface area (Å²) in [5, 5.41) is 0.425. The van der Waals surface area contributed by atoms with Gasteiger partial charge >= 0.3 is 0 Å². The molecule has 2 unspecified atom stereocenters. The summed E-state index contributed by atoms with van der Waals surface area (Å²) >= 11 is 5.96. The lowest BCUT2D eigenvalue weighted by atomic mass is 10.0. The number of aromatic nitrogens is 2. The zero-order valence-electron chi connectivity index (χ0n) is 11.7. The first kappa shape index (κ1) is 14.1. The molecular weight excluding hydrogens is 322 g/mol. The molecule has 0 spiro atoms. The zero-order chi connectivity index (χ0) is 15.3. The fourth-order valence-electron chi connectivity index (χ4n) is 3.49. The van der Waals surface area contributed by atoms with Crippen LogP contribution < -0.4 is 0 Å². The van der Waals surface area contributed by atoms with E-state index in [4.69, 9.17) is 11.6 Å². The molecule has 2 aliphatic rings. The molecule has 5 nitrogen and oxygen atoms in total. The Morgan fingerprint density at radius 3 is 2.95 bits per heavy atom. The Kier molecular flexibility index (Phi) is 3.21. The van der Waals surface area contributed by atoms with Crippen LogP contribution in [-0.2, 0) is 16.4 Å². The second-order valence-corrected chi connectivity index (χ2v) is 7.95. The summed E-state index contributed by atoms with van der Waals surface area (Å²) in [6.07, 6.45) is 5.58. The van der Waals surface area contributed by atoms with Crippen molar-refractivity contribution in [3.05, 3.63) is 53.1 Å².